The van der Waals surface area contributed by atoms with Crippen LogP contribution < -0.4 is 9.47 Å². The van der Waals surface area contributed by atoms with E-state index in [1.165, 1.54) is 26.4 Å². The van der Waals surface area contributed by atoms with Crippen molar-refractivity contribution in [3.05, 3.63) is 59.5 Å². The van der Waals surface area contributed by atoms with Crippen molar-refractivity contribution in [2.45, 2.75) is 45.2 Å². The van der Waals surface area contributed by atoms with Gasteiger partial charge in [0.25, 0.3) is 0 Å². The molecule has 9 nitrogen and oxygen atoms in total. The molecule has 1 aromatic heterocycles. The molecule has 3 aromatic rings. The molecular weight excluding hydrogens is 472 g/mol. The maximum absolute atomic E-state index is 13.6. The number of carboxylic acid groups (broad SMARTS) is 1. The Kier molecular flexibility index (Phi) is 7.86. The van der Waals surface area contributed by atoms with Crippen LogP contribution in [-0.4, -0.2) is 49.0 Å². The van der Waals surface area contributed by atoms with E-state index in [2.05, 4.69) is 4.98 Å². The van der Waals surface area contributed by atoms with E-state index in [4.69, 9.17) is 13.9 Å². The zero-order valence-electron chi connectivity index (χ0n) is 20.6. The maximum Gasteiger partial charge on any atom is 0.322 e. The van der Waals surface area contributed by atoms with Gasteiger partial charge in [-0.1, -0.05) is 31.5 Å². The molecule has 188 valence electrons. The number of ether oxygens (including phenoxy) is 2. The zero-order chi connectivity index (χ0) is 25.9. The first-order chi connectivity index (χ1) is 16.5. The number of aromatic nitrogens is 1. The number of oxazole rings is 1. The predicted molar refractivity (Wildman–Crippen MR) is 130 cm³/mol. The minimum atomic E-state index is -4.16. The minimum Gasteiger partial charge on any atom is -0.493 e. The van der Waals surface area contributed by atoms with E-state index in [0.29, 0.717) is 28.5 Å². The lowest BCUT2D eigenvalue weighted by atomic mass is 10.0. The molecule has 10 heteroatoms. The average molecular weight is 503 g/mol. The summed E-state index contributed by atoms with van der Waals surface area (Å²) in [6, 6.07) is 10.1. The van der Waals surface area contributed by atoms with Crippen LogP contribution in [0.2, 0.25) is 0 Å². The number of hydrogen-bond acceptors (Lipinski definition) is 7. The molecule has 0 fully saturated rings. The lowest BCUT2D eigenvalue weighted by molar-refractivity contribution is -0.143. The first kappa shape index (κ1) is 26.2. The number of methoxy groups -OCH3 is 2. The molecule has 0 amide bonds. The van der Waals surface area contributed by atoms with E-state index in [1.54, 1.807) is 51.1 Å². The Balaban J connectivity index is 2.06. The van der Waals surface area contributed by atoms with E-state index >= 15 is 0 Å². The van der Waals surface area contributed by atoms with Crippen LogP contribution >= 0.6 is 0 Å². The van der Waals surface area contributed by atoms with Crippen molar-refractivity contribution >= 4 is 16.0 Å². The summed E-state index contributed by atoms with van der Waals surface area (Å²) in [6.45, 7) is 6.57. The van der Waals surface area contributed by atoms with Gasteiger partial charge in [-0.2, -0.15) is 4.31 Å². The number of nitrogens with zero attached hydrogens (tertiary/aromatic N) is 2. The molecule has 1 heterocycles. The Morgan fingerprint density at radius 1 is 1.06 bits per heavy atom. The monoisotopic (exact) mass is 502 g/mol. The van der Waals surface area contributed by atoms with E-state index < -0.39 is 28.0 Å². The van der Waals surface area contributed by atoms with Gasteiger partial charge in [0.05, 0.1) is 31.4 Å². The predicted octanol–water partition coefficient (Wildman–Crippen LogP) is 4.28. The fourth-order valence-corrected chi connectivity index (χ4v) is 5.41. The topological polar surface area (TPSA) is 119 Å². The molecule has 1 N–H and O–H groups in total. The van der Waals surface area contributed by atoms with Gasteiger partial charge in [0.2, 0.25) is 15.9 Å². The molecule has 0 saturated carbocycles. The highest BCUT2D eigenvalue weighted by Crippen LogP contribution is 2.33. The van der Waals surface area contributed by atoms with Gasteiger partial charge < -0.3 is 19.0 Å². The number of hydrogen-bond donors (Lipinski definition) is 1. The van der Waals surface area contributed by atoms with Crippen molar-refractivity contribution in [2.75, 3.05) is 14.2 Å². The van der Waals surface area contributed by atoms with Gasteiger partial charge in [0.15, 0.2) is 11.5 Å². The highest BCUT2D eigenvalue weighted by Gasteiger charge is 2.39. The van der Waals surface area contributed by atoms with Crippen LogP contribution in [0, 0.1) is 19.8 Å². The first-order valence-electron chi connectivity index (χ1n) is 11.0. The quantitative estimate of drug-likeness (QED) is 0.436. The summed E-state index contributed by atoms with van der Waals surface area (Å²) in [7, 11) is -1.12. The smallest absolute Gasteiger partial charge is 0.322 e. The summed E-state index contributed by atoms with van der Waals surface area (Å²) in [6.07, 6.45) is 0. The second-order valence-electron chi connectivity index (χ2n) is 8.48. The standard InChI is InChI=1S/C25H30N2O7S/c1-15(2)23(25(28)29)27(35(30,31)19-10-7-16(3)8-11-19)14-20-17(4)34-24(26-20)18-9-12-21(32-5)22(13-18)33-6/h7-13,15,23H,14H2,1-6H3,(H,28,29)/t23-/m1/s1. The van der Waals surface area contributed by atoms with Crippen molar-refractivity contribution in [3.63, 3.8) is 0 Å². The van der Waals surface area contributed by atoms with Gasteiger partial charge in [0, 0.05) is 5.56 Å². The molecule has 0 saturated heterocycles. The van der Waals surface area contributed by atoms with E-state index in [-0.39, 0.29) is 17.3 Å². The highest BCUT2D eigenvalue weighted by atomic mass is 32.2. The van der Waals surface area contributed by atoms with E-state index in [9.17, 15) is 18.3 Å². The molecule has 3 rings (SSSR count). The van der Waals surface area contributed by atoms with Crippen LogP contribution in [0.15, 0.2) is 51.8 Å². The Morgan fingerprint density at radius 3 is 2.23 bits per heavy atom. The molecule has 0 aliphatic rings. The van der Waals surface area contributed by atoms with Crippen LogP contribution in [0.3, 0.4) is 0 Å². The molecule has 0 bridgehead atoms. The van der Waals surface area contributed by atoms with Gasteiger partial charge in [-0.25, -0.2) is 13.4 Å². The Morgan fingerprint density at radius 2 is 1.69 bits per heavy atom. The fraction of sp³-hybridized carbons (Fsp3) is 0.360. The lowest BCUT2D eigenvalue weighted by Gasteiger charge is -2.30. The van der Waals surface area contributed by atoms with Crippen molar-refractivity contribution in [1.82, 2.24) is 9.29 Å². The number of aliphatic carboxylic acids is 1. The van der Waals surface area contributed by atoms with Gasteiger partial charge in [-0.3, -0.25) is 4.79 Å². The molecule has 2 aromatic carbocycles. The normalized spacial score (nSPS) is 12.7. The van der Waals surface area contributed by atoms with Crippen molar-refractivity contribution in [1.29, 1.82) is 0 Å². The second-order valence-corrected chi connectivity index (χ2v) is 10.4. The Bertz CT molecular complexity index is 1300. The third-order valence-corrected chi connectivity index (χ3v) is 7.49. The first-order valence-corrected chi connectivity index (χ1v) is 12.4. The average Bonchev–Trinajstić information content (AvgIpc) is 3.18. The van der Waals surface area contributed by atoms with Crippen molar-refractivity contribution in [3.8, 4) is 23.0 Å². The van der Waals surface area contributed by atoms with Crippen LogP contribution in [0.4, 0.5) is 0 Å². The minimum absolute atomic E-state index is 0.0104. The van der Waals surface area contributed by atoms with Crippen LogP contribution in [0.25, 0.3) is 11.5 Å². The van der Waals surface area contributed by atoms with Crippen LogP contribution in [-0.2, 0) is 21.4 Å². The largest absolute Gasteiger partial charge is 0.493 e. The summed E-state index contributed by atoms with van der Waals surface area (Å²) in [5.41, 5.74) is 1.81. The van der Waals surface area contributed by atoms with Crippen LogP contribution in [0.5, 0.6) is 11.5 Å². The van der Waals surface area contributed by atoms with E-state index in [1.807, 2.05) is 6.92 Å². The molecular formula is C25H30N2O7S. The third-order valence-electron chi connectivity index (χ3n) is 5.65. The summed E-state index contributed by atoms with van der Waals surface area (Å²) in [4.78, 5) is 16.7. The highest BCUT2D eigenvalue weighted by molar-refractivity contribution is 7.89. The van der Waals surface area contributed by atoms with Gasteiger partial charge >= 0.3 is 5.97 Å². The fourth-order valence-electron chi connectivity index (χ4n) is 3.73. The molecule has 0 aliphatic carbocycles. The number of carbonyl (C=O) groups is 1. The van der Waals surface area contributed by atoms with Crippen molar-refractivity contribution < 1.29 is 32.2 Å². The van der Waals surface area contributed by atoms with Crippen molar-refractivity contribution in [2.24, 2.45) is 5.92 Å². The number of sulfonamides is 1. The summed E-state index contributed by atoms with van der Waals surface area (Å²) < 4.78 is 44.6. The molecule has 0 unspecified atom stereocenters. The van der Waals surface area contributed by atoms with Gasteiger partial charge in [-0.05, 0) is 50.1 Å². The maximum atomic E-state index is 13.6. The number of aryl methyl sites for hydroxylation is 2. The van der Waals surface area contributed by atoms with E-state index in [0.717, 1.165) is 9.87 Å². The Labute approximate surface area is 205 Å². The molecule has 0 aliphatic heterocycles. The number of benzene rings is 2. The molecule has 0 radical (unpaired) electrons. The third kappa shape index (κ3) is 5.49. The van der Waals surface area contributed by atoms with Gasteiger partial charge in [0.1, 0.15) is 11.8 Å². The molecule has 35 heavy (non-hydrogen) atoms. The Hall–Kier alpha value is -3.37. The number of rotatable bonds is 10. The summed E-state index contributed by atoms with van der Waals surface area (Å²) >= 11 is 0. The summed E-state index contributed by atoms with van der Waals surface area (Å²) in [5, 5.41) is 9.93. The molecule has 1 atom stereocenters. The van der Waals surface area contributed by atoms with Gasteiger partial charge in [-0.15, -0.1) is 0 Å². The zero-order valence-corrected chi connectivity index (χ0v) is 21.4. The van der Waals surface area contributed by atoms with Crippen LogP contribution in [0.1, 0.15) is 30.9 Å². The second kappa shape index (κ2) is 10.5. The lowest BCUT2D eigenvalue weighted by Crippen LogP contribution is -2.47. The SMILES string of the molecule is COc1ccc(-c2nc(CN([C@@H](C(=O)O)C(C)C)S(=O)(=O)c3ccc(C)cc3)c(C)o2)cc1OC. The number of carboxylic acids is 1. The summed E-state index contributed by atoms with van der Waals surface area (Å²) in [5.74, 6) is -0.0791. The molecule has 0 spiro atoms.